The van der Waals surface area contributed by atoms with Crippen LogP contribution in [0, 0.1) is 18.8 Å². The molecule has 2 aliphatic carbocycles. The molecule has 0 unspecified atom stereocenters. The lowest BCUT2D eigenvalue weighted by molar-refractivity contribution is 0.652. The minimum Gasteiger partial charge on any atom is -0.0622 e. The van der Waals surface area contributed by atoms with Gasteiger partial charge in [-0.1, -0.05) is 94.1 Å². The Labute approximate surface area is 220 Å². The van der Waals surface area contributed by atoms with Crippen LogP contribution in [-0.2, 0) is 10.8 Å². The molecule has 0 amide bonds. The van der Waals surface area contributed by atoms with Crippen LogP contribution in [0.4, 0.5) is 0 Å². The monoisotopic (exact) mass is 474 g/mol. The molecule has 7 rings (SSSR count). The average Bonchev–Trinajstić information content (AvgIpc) is 3.26. The standard InChI is InChI=1S/C37H30/c1-23-19-34-35(28-14-10-9-13-26(23)28)30-22-32-29(21-33(30)37(34,4)5)27-18-17-25(20-31(27)36(32,2)3)16-15-24-11-7-6-8-12-24/h6-14,17-22H,1-5H3. The lowest BCUT2D eigenvalue weighted by atomic mass is 9.79. The Hall–Kier alpha value is -4.08. The summed E-state index contributed by atoms with van der Waals surface area (Å²) in [5.41, 5.74) is 14.6. The van der Waals surface area contributed by atoms with Crippen LogP contribution < -0.4 is 0 Å². The van der Waals surface area contributed by atoms with E-state index in [1.807, 2.05) is 18.2 Å². The Bertz CT molecular complexity index is 1820. The maximum absolute atomic E-state index is 3.40. The Morgan fingerprint density at radius 2 is 1.08 bits per heavy atom. The lowest BCUT2D eigenvalue weighted by Crippen LogP contribution is -2.17. The van der Waals surface area contributed by atoms with Crippen molar-refractivity contribution in [2.24, 2.45) is 0 Å². The van der Waals surface area contributed by atoms with E-state index in [0.29, 0.717) is 0 Å². The molecule has 2 aliphatic rings. The van der Waals surface area contributed by atoms with Gasteiger partial charge in [-0.2, -0.15) is 0 Å². The van der Waals surface area contributed by atoms with Crippen molar-refractivity contribution in [2.75, 3.05) is 0 Å². The fraction of sp³-hybridized carbons (Fsp3) is 0.189. The minimum absolute atomic E-state index is 0.0392. The quantitative estimate of drug-likeness (QED) is 0.196. The minimum atomic E-state index is -0.0858. The Morgan fingerprint density at radius 3 is 1.86 bits per heavy atom. The summed E-state index contributed by atoms with van der Waals surface area (Å²) >= 11 is 0. The van der Waals surface area contributed by atoms with Crippen molar-refractivity contribution in [1.82, 2.24) is 0 Å². The van der Waals surface area contributed by atoms with Gasteiger partial charge < -0.3 is 0 Å². The first-order valence-corrected chi connectivity index (χ1v) is 13.2. The lowest BCUT2D eigenvalue weighted by Gasteiger charge is -2.24. The molecule has 0 heteroatoms. The van der Waals surface area contributed by atoms with Gasteiger partial charge in [-0.3, -0.25) is 0 Å². The third-order valence-electron chi connectivity index (χ3n) is 8.81. The molecule has 0 atom stereocenters. The number of aryl methyl sites for hydroxylation is 1. The highest BCUT2D eigenvalue weighted by Gasteiger charge is 2.42. The van der Waals surface area contributed by atoms with Crippen LogP contribution >= 0.6 is 0 Å². The topological polar surface area (TPSA) is 0 Å². The highest BCUT2D eigenvalue weighted by molar-refractivity contribution is 6.05. The van der Waals surface area contributed by atoms with Crippen molar-refractivity contribution in [3.63, 3.8) is 0 Å². The van der Waals surface area contributed by atoms with Gasteiger partial charge in [-0.25, -0.2) is 0 Å². The van der Waals surface area contributed by atoms with E-state index in [1.54, 1.807) is 0 Å². The summed E-state index contributed by atoms with van der Waals surface area (Å²) in [6.45, 7) is 11.8. The zero-order chi connectivity index (χ0) is 25.5. The zero-order valence-electron chi connectivity index (χ0n) is 22.2. The van der Waals surface area contributed by atoms with Crippen molar-refractivity contribution >= 4 is 10.8 Å². The van der Waals surface area contributed by atoms with Crippen molar-refractivity contribution in [2.45, 2.75) is 45.4 Å². The zero-order valence-corrected chi connectivity index (χ0v) is 22.2. The van der Waals surface area contributed by atoms with Crippen molar-refractivity contribution in [3.05, 3.63) is 130 Å². The smallest absolute Gasteiger partial charge is 0.0252 e. The van der Waals surface area contributed by atoms with Gasteiger partial charge in [0.25, 0.3) is 0 Å². The molecular formula is C37H30. The van der Waals surface area contributed by atoms with Gasteiger partial charge in [-0.15, -0.1) is 0 Å². The molecular weight excluding hydrogens is 444 g/mol. The largest absolute Gasteiger partial charge is 0.0622 e. The van der Waals surface area contributed by atoms with E-state index >= 15 is 0 Å². The normalized spacial score (nSPS) is 15.4. The molecule has 0 N–H and O–H groups in total. The van der Waals surface area contributed by atoms with E-state index in [4.69, 9.17) is 0 Å². The van der Waals surface area contributed by atoms with E-state index in [9.17, 15) is 0 Å². The van der Waals surface area contributed by atoms with Crippen LogP contribution in [0.15, 0.2) is 91.0 Å². The van der Waals surface area contributed by atoms with E-state index in [1.165, 1.54) is 60.8 Å². The van der Waals surface area contributed by atoms with Gasteiger partial charge in [0.2, 0.25) is 0 Å². The van der Waals surface area contributed by atoms with Crippen LogP contribution in [0.1, 0.15) is 66.6 Å². The first kappa shape index (κ1) is 22.1. The van der Waals surface area contributed by atoms with Gasteiger partial charge in [0.1, 0.15) is 0 Å². The van der Waals surface area contributed by atoms with Gasteiger partial charge in [0, 0.05) is 22.0 Å². The third kappa shape index (κ3) is 3.04. The number of hydrogen-bond acceptors (Lipinski definition) is 0. The molecule has 37 heavy (non-hydrogen) atoms. The van der Waals surface area contributed by atoms with E-state index in [2.05, 4.69) is 119 Å². The molecule has 0 saturated heterocycles. The first-order chi connectivity index (χ1) is 17.8. The predicted molar refractivity (Wildman–Crippen MR) is 156 cm³/mol. The Morgan fingerprint density at radius 1 is 0.486 bits per heavy atom. The number of benzene rings is 5. The third-order valence-corrected chi connectivity index (χ3v) is 8.81. The van der Waals surface area contributed by atoms with Crippen LogP contribution in [0.5, 0.6) is 0 Å². The molecule has 0 spiro atoms. The Balaban J connectivity index is 1.42. The predicted octanol–water partition coefficient (Wildman–Crippen LogP) is 9.16. The fourth-order valence-corrected chi connectivity index (χ4v) is 6.73. The van der Waals surface area contributed by atoms with Gasteiger partial charge in [0.05, 0.1) is 0 Å². The molecule has 0 bridgehead atoms. The summed E-state index contributed by atoms with van der Waals surface area (Å²) in [5.74, 6) is 6.73. The van der Waals surface area contributed by atoms with Crippen LogP contribution in [0.25, 0.3) is 33.0 Å². The maximum atomic E-state index is 3.40. The fourth-order valence-electron chi connectivity index (χ4n) is 6.73. The number of fused-ring (bicyclic) bond motifs is 8. The second-order valence-corrected chi connectivity index (χ2v) is 11.7. The second kappa shape index (κ2) is 7.47. The first-order valence-electron chi connectivity index (χ1n) is 13.2. The van der Waals surface area contributed by atoms with Crippen LogP contribution in [-0.4, -0.2) is 0 Å². The van der Waals surface area contributed by atoms with Gasteiger partial charge in [-0.05, 0) is 104 Å². The van der Waals surface area contributed by atoms with E-state index in [0.717, 1.165) is 11.1 Å². The second-order valence-electron chi connectivity index (χ2n) is 11.7. The molecule has 0 aliphatic heterocycles. The molecule has 178 valence electrons. The molecule has 0 saturated carbocycles. The summed E-state index contributed by atoms with van der Waals surface area (Å²) in [6, 6.07) is 33.4. The Kier molecular flexibility index (Phi) is 4.47. The summed E-state index contributed by atoms with van der Waals surface area (Å²) < 4.78 is 0. The molecule has 0 aromatic heterocycles. The molecule has 0 nitrogen and oxygen atoms in total. The molecule has 0 heterocycles. The summed E-state index contributed by atoms with van der Waals surface area (Å²) in [4.78, 5) is 0. The maximum Gasteiger partial charge on any atom is 0.0252 e. The number of rotatable bonds is 0. The van der Waals surface area contributed by atoms with E-state index in [-0.39, 0.29) is 10.8 Å². The summed E-state index contributed by atoms with van der Waals surface area (Å²) in [6.07, 6.45) is 0. The summed E-state index contributed by atoms with van der Waals surface area (Å²) in [5, 5.41) is 2.73. The van der Waals surface area contributed by atoms with E-state index < -0.39 is 0 Å². The molecule has 5 aromatic carbocycles. The van der Waals surface area contributed by atoms with Crippen molar-refractivity contribution in [1.29, 1.82) is 0 Å². The van der Waals surface area contributed by atoms with Crippen molar-refractivity contribution < 1.29 is 0 Å². The van der Waals surface area contributed by atoms with Crippen molar-refractivity contribution in [3.8, 4) is 34.1 Å². The SMILES string of the molecule is Cc1cc2c(c3ccccc13)-c1cc3c(cc1C2(C)C)-c1ccc(C#Cc2ccccc2)cc1C3(C)C. The van der Waals surface area contributed by atoms with Crippen LogP contribution in [0.2, 0.25) is 0 Å². The molecule has 0 radical (unpaired) electrons. The summed E-state index contributed by atoms with van der Waals surface area (Å²) in [7, 11) is 0. The van der Waals surface area contributed by atoms with Gasteiger partial charge in [0.15, 0.2) is 0 Å². The molecule has 5 aromatic rings. The van der Waals surface area contributed by atoms with Crippen LogP contribution in [0.3, 0.4) is 0 Å². The molecule has 0 fully saturated rings. The highest BCUT2D eigenvalue weighted by Crippen LogP contribution is 2.57. The number of hydrogen-bond donors (Lipinski definition) is 0. The van der Waals surface area contributed by atoms with Gasteiger partial charge >= 0.3 is 0 Å². The average molecular weight is 475 g/mol. The highest BCUT2D eigenvalue weighted by atomic mass is 14.4.